The molecule has 1 amide bonds. The van der Waals surface area contributed by atoms with E-state index in [-0.39, 0.29) is 5.91 Å². The minimum absolute atomic E-state index is 0.0938. The van der Waals surface area contributed by atoms with Crippen molar-refractivity contribution in [2.24, 2.45) is 0 Å². The third kappa shape index (κ3) is 5.05. The van der Waals surface area contributed by atoms with Gasteiger partial charge in [-0.15, -0.1) is 0 Å². The van der Waals surface area contributed by atoms with Crippen molar-refractivity contribution >= 4 is 5.91 Å². The number of carbonyl (C=O) groups excluding carboxylic acids is 1. The molecule has 1 aliphatic rings. The Bertz CT molecular complexity index is 697. The summed E-state index contributed by atoms with van der Waals surface area (Å²) in [5.41, 5.74) is 1.83. The minimum Gasteiger partial charge on any atom is -0.494 e. The molecule has 0 spiro atoms. The van der Waals surface area contributed by atoms with Gasteiger partial charge in [0.2, 0.25) is 0 Å². The summed E-state index contributed by atoms with van der Waals surface area (Å²) < 4.78 is 5.64. The van der Waals surface area contributed by atoms with Crippen molar-refractivity contribution in [1.82, 2.24) is 14.8 Å². The molecule has 0 saturated carbocycles. The highest BCUT2D eigenvalue weighted by atomic mass is 16.5. The van der Waals surface area contributed by atoms with Gasteiger partial charge in [-0.2, -0.15) is 0 Å². The van der Waals surface area contributed by atoms with E-state index in [2.05, 4.69) is 22.9 Å². The van der Waals surface area contributed by atoms with Gasteiger partial charge in [0.25, 0.3) is 5.91 Å². The molecule has 26 heavy (non-hydrogen) atoms. The average Bonchev–Trinajstić information content (AvgIpc) is 2.71. The van der Waals surface area contributed by atoms with Crippen molar-refractivity contribution in [3.8, 4) is 5.75 Å². The third-order valence-corrected chi connectivity index (χ3v) is 4.62. The third-order valence-electron chi connectivity index (χ3n) is 4.62. The SMILES string of the molecule is CCCOc1cccc(C(=O)N2CCN(CCc3ccccn3)CC2)c1. The van der Waals surface area contributed by atoms with Gasteiger partial charge in [-0.1, -0.05) is 19.1 Å². The van der Waals surface area contributed by atoms with Gasteiger partial charge < -0.3 is 9.64 Å². The molecular weight excluding hydrogens is 326 g/mol. The monoisotopic (exact) mass is 353 g/mol. The molecule has 5 nitrogen and oxygen atoms in total. The number of piperazine rings is 1. The van der Waals surface area contributed by atoms with Crippen LogP contribution < -0.4 is 4.74 Å². The quantitative estimate of drug-likeness (QED) is 0.768. The van der Waals surface area contributed by atoms with Gasteiger partial charge in [0.05, 0.1) is 6.61 Å². The average molecular weight is 353 g/mol. The number of carbonyl (C=O) groups is 1. The maximum atomic E-state index is 12.8. The fourth-order valence-corrected chi connectivity index (χ4v) is 3.11. The Balaban J connectivity index is 1.49. The zero-order chi connectivity index (χ0) is 18.2. The predicted octanol–water partition coefficient (Wildman–Crippen LogP) is 2.87. The smallest absolute Gasteiger partial charge is 0.254 e. The number of hydrogen-bond acceptors (Lipinski definition) is 4. The Labute approximate surface area is 155 Å². The maximum Gasteiger partial charge on any atom is 0.254 e. The number of aromatic nitrogens is 1. The highest BCUT2D eigenvalue weighted by Crippen LogP contribution is 2.16. The van der Waals surface area contributed by atoms with Gasteiger partial charge in [0.1, 0.15) is 5.75 Å². The number of rotatable bonds is 7. The second kappa shape index (κ2) is 9.34. The Morgan fingerprint density at radius 2 is 1.96 bits per heavy atom. The van der Waals surface area contributed by atoms with Gasteiger partial charge in [0, 0.05) is 56.6 Å². The van der Waals surface area contributed by atoms with Crippen LogP contribution in [0, 0.1) is 0 Å². The molecule has 0 aliphatic carbocycles. The summed E-state index contributed by atoms with van der Waals surface area (Å²) in [7, 11) is 0. The molecule has 3 rings (SSSR count). The Hall–Kier alpha value is -2.40. The van der Waals surface area contributed by atoms with Crippen molar-refractivity contribution in [2.75, 3.05) is 39.3 Å². The zero-order valence-electron chi connectivity index (χ0n) is 15.4. The fourth-order valence-electron chi connectivity index (χ4n) is 3.11. The van der Waals surface area contributed by atoms with Crippen LogP contribution in [0.4, 0.5) is 0 Å². The lowest BCUT2D eigenvalue weighted by atomic mass is 10.1. The van der Waals surface area contributed by atoms with Crippen molar-refractivity contribution in [2.45, 2.75) is 19.8 Å². The largest absolute Gasteiger partial charge is 0.494 e. The Kier molecular flexibility index (Phi) is 6.61. The topological polar surface area (TPSA) is 45.7 Å². The zero-order valence-corrected chi connectivity index (χ0v) is 15.4. The van der Waals surface area contributed by atoms with Gasteiger partial charge in [-0.25, -0.2) is 0 Å². The molecule has 1 aromatic heterocycles. The molecule has 1 aromatic carbocycles. The molecular formula is C21H27N3O2. The lowest BCUT2D eigenvalue weighted by molar-refractivity contribution is 0.0638. The van der Waals surface area contributed by atoms with E-state index in [1.165, 1.54) is 0 Å². The van der Waals surface area contributed by atoms with E-state index < -0.39 is 0 Å². The van der Waals surface area contributed by atoms with E-state index in [1.807, 2.05) is 47.5 Å². The van der Waals surface area contributed by atoms with Crippen LogP contribution in [-0.2, 0) is 6.42 Å². The highest BCUT2D eigenvalue weighted by Gasteiger charge is 2.22. The molecule has 0 bridgehead atoms. The molecule has 1 saturated heterocycles. The van der Waals surface area contributed by atoms with Gasteiger partial charge >= 0.3 is 0 Å². The van der Waals surface area contributed by atoms with Gasteiger partial charge in [-0.05, 0) is 36.8 Å². The first-order valence-electron chi connectivity index (χ1n) is 9.40. The number of nitrogens with zero attached hydrogens (tertiary/aromatic N) is 3. The van der Waals surface area contributed by atoms with Crippen LogP contribution in [0.25, 0.3) is 0 Å². The summed E-state index contributed by atoms with van der Waals surface area (Å²) in [6.07, 6.45) is 3.74. The Morgan fingerprint density at radius 3 is 2.69 bits per heavy atom. The lowest BCUT2D eigenvalue weighted by Crippen LogP contribution is -2.49. The lowest BCUT2D eigenvalue weighted by Gasteiger charge is -2.34. The summed E-state index contributed by atoms with van der Waals surface area (Å²) in [5.74, 6) is 0.864. The summed E-state index contributed by atoms with van der Waals surface area (Å²) in [4.78, 5) is 21.5. The van der Waals surface area contributed by atoms with E-state index in [9.17, 15) is 4.79 Å². The molecule has 2 heterocycles. The normalized spacial score (nSPS) is 15.0. The van der Waals surface area contributed by atoms with Crippen LogP contribution >= 0.6 is 0 Å². The van der Waals surface area contributed by atoms with Crippen LogP contribution in [0.15, 0.2) is 48.7 Å². The standard InChI is InChI=1S/C21H27N3O2/c1-2-16-26-20-8-5-6-18(17-20)21(25)24-14-12-23(13-15-24)11-9-19-7-3-4-10-22-19/h3-8,10,17H,2,9,11-16H2,1H3. The second-order valence-corrected chi connectivity index (χ2v) is 6.58. The van der Waals surface area contributed by atoms with Crippen LogP contribution in [0.3, 0.4) is 0 Å². The predicted molar refractivity (Wildman–Crippen MR) is 103 cm³/mol. The van der Waals surface area contributed by atoms with Crippen molar-refractivity contribution in [1.29, 1.82) is 0 Å². The maximum absolute atomic E-state index is 12.8. The summed E-state index contributed by atoms with van der Waals surface area (Å²) in [5, 5.41) is 0. The van der Waals surface area contributed by atoms with Crippen molar-refractivity contribution in [3.05, 3.63) is 59.9 Å². The number of pyridine rings is 1. The molecule has 138 valence electrons. The van der Waals surface area contributed by atoms with E-state index in [0.717, 1.165) is 57.0 Å². The van der Waals surface area contributed by atoms with E-state index in [0.29, 0.717) is 12.2 Å². The number of hydrogen-bond donors (Lipinski definition) is 0. The summed E-state index contributed by atoms with van der Waals surface area (Å²) in [6.45, 7) is 7.08. The van der Waals surface area contributed by atoms with E-state index >= 15 is 0 Å². The molecule has 5 heteroatoms. The number of ether oxygens (including phenoxy) is 1. The van der Waals surface area contributed by atoms with E-state index in [1.54, 1.807) is 0 Å². The molecule has 2 aromatic rings. The summed E-state index contributed by atoms with van der Waals surface area (Å²) >= 11 is 0. The first-order chi connectivity index (χ1) is 12.8. The molecule has 1 aliphatic heterocycles. The van der Waals surface area contributed by atoms with Crippen molar-refractivity contribution in [3.63, 3.8) is 0 Å². The second-order valence-electron chi connectivity index (χ2n) is 6.58. The van der Waals surface area contributed by atoms with Gasteiger partial charge in [0.15, 0.2) is 0 Å². The Morgan fingerprint density at radius 1 is 1.12 bits per heavy atom. The highest BCUT2D eigenvalue weighted by molar-refractivity contribution is 5.94. The molecule has 1 fully saturated rings. The van der Waals surface area contributed by atoms with Crippen LogP contribution in [-0.4, -0.2) is 60.0 Å². The van der Waals surface area contributed by atoms with Crippen LogP contribution in [0.1, 0.15) is 29.4 Å². The molecule has 0 atom stereocenters. The molecule has 0 radical (unpaired) electrons. The van der Waals surface area contributed by atoms with Crippen LogP contribution in [0.5, 0.6) is 5.75 Å². The minimum atomic E-state index is 0.0938. The fraction of sp³-hybridized carbons (Fsp3) is 0.429. The molecule has 0 N–H and O–H groups in total. The first-order valence-corrected chi connectivity index (χ1v) is 9.40. The molecule has 0 unspecified atom stereocenters. The van der Waals surface area contributed by atoms with Crippen LogP contribution in [0.2, 0.25) is 0 Å². The van der Waals surface area contributed by atoms with Crippen molar-refractivity contribution < 1.29 is 9.53 Å². The number of amides is 1. The first kappa shape index (κ1) is 18.4. The number of benzene rings is 1. The van der Waals surface area contributed by atoms with E-state index in [4.69, 9.17) is 4.74 Å². The van der Waals surface area contributed by atoms with Gasteiger partial charge in [-0.3, -0.25) is 14.7 Å². The summed E-state index contributed by atoms with van der Waals surface area (Å²) in [6, 6.07) is 13.5.